The summed E-state index contributed by atoms with van der Waals surface area (Å²) in [6.45, 7) is 14.8. The molecule has 0 aromatic heterocycles. The van der Waals surface area contributed by atoms with Crippen LogP contribution in [0, 0.1) is 5.92 Å². The standard InChI is InChI=1S/C13H30N4/c1-6-17(7-2)12(5)10-16-13(14)15-9-8-11(3)4/h11-12H,6-10H2,1-5H3,(H3,14,15,16). The van der Waals surface area contributed by atoms with Gasteiger partial charge in [-0.3, -0.25) is 9.89 Å². The van der Waals surface area contributed by atoms with Gasteiger partial charge in [0.2, 0.25) is 0 Å². The molecule has 0 saturated carbocycles. The normalized spacial score (nSPS) is 14.4. The quantitative estimate of drug-likeness (QED) is 0.503. The zero-order chi connectivity index (χ0) is 13.3. The highest BCUT2D eigenvalue weighted by Crippen LogP contribution is 1.98. The predicted octanol–water partition coefficient (Wildman–Crippen LogP) is 1.67. The molecule has 0 heterocycles. The van der Waals surface area contributed by atoms with Crippen LogP contribution in [0.25, 0.3) is 0 Å². The maximum atomic E-state index is 5.81. The predicted molar refractivity (Wildman–Crippen MR) is 76.3 cm³/mol. The Morgan fingerprint density at radius 3 is 2.29 bits per heavy atom. The second-order valence-corrected chi connectivity index (χ2v) is 4.91. The average molecular weight is 242 g/mol. The Bertz CT molecular complexity index is 209. The van der Waals surface area contributed by atoms with Gasteiger partial charge in [-0.1, -0.05) is 27.7 Å². The zero-order valence-corrected chi connectivity index (χ0v) is 12.2. The van der Waals surface area contributed by atoms with Crippen molar-refractivity contribution in [1.82, 2.24) is 10.2 Å². The highest BCUT2D eigenvalue weighted by Gasteiger charge is 2.08. The third-order valence-electron chi connectivity index (χ3n) is 2.99. The Balaban J connectivity index is 3.88. The van der Waals surface area contributed by atoms with Gasteiger partial charge in [0, 0.05) is 12.6 Å². The lowest BCUT2D eigenvalue weighted by atomic mass is 10.1. The SMILES string of the molecule is CCN(CC)C(C)CN=C(N)NCCC(C)C. The zero-order valence-electron chi connectivity index (χ0n) is 12.2. The fourth-order valence-electron chi connectivity index (χ4n) is 1.74. The van der Waals surface area contributed by atoms with E-state index in [4.69, 9.17) is 5.73 Å². The Kier molecular flexibility index (Phi) is 8.86. The third-order valence-corrected chi connectivity index (χ3v) is 2.99. The second kappa shape index (κ2) is 9.28. The van der Waals surface area contributed by atoms with E-state index in [1.807, 2.05) is 0 Å². The molecule has 1 unspecified atom stereocenters. The summed E-state index contributed by atoms with van der Waals surface area (Å²) in [4.78, 5) is 6.76. The van der Waals surface area contributed by atoms with Crippen LogP contribution >= 0.6 is 0 Å². The van der Waals surface area contributed by atoms with Crippen molar-refractivity contribution in [3.8, 4) is 0 Å². The molecule has 0 fully saturated rings. The minimum absolute atomic E-state index is 0.454. The van der Waals surface area contributed by atoms with Gasteiger partial charge in [0.25, 0.3) is 0 Å². The molecule has 0 rings (SSSR count). The Labute approximate surface area is 107 Å². The first kappa shape index (κ1) is 16.2. The van der Waals surface area contributed by atoms with Crippen molar-refractivity contribution in [2.75, 3.05) is 26.2 Å². The Morgan fingerprint density at radius 2 is 1.82 bits per heavy atom. The van der Waals surface area contributed by atoms with Crippen LogP contribution in [0.5, 0.6) is 0 Å². The Morgan fingerprint density at radius 1 is 1.24 bits per heavy atom. The molecule has 4 nitrogen and oxygen atoms in total. The molecule has 0 spiro atoms. The van der Waals surface area contributed by atoms with E-state index in [0.29, 0.717) is 17.9 Å². The Hall–Kier alpha value is -0.770. The molecule has 0 aromatic rings. The monoisotopic (exact) mass is 242 g/mol. The van der Waals surface area contributed by atoms with Crippen molar-refractivity contribution >= 4 is 5.96 Å². The minimum Gasteiger partial charge on any atom is -0.370 e. The molecule has 0 amide bonds. The summed E-state index contributed by atoms with van der Waals surface area (Å²) >= 11 is 0. The number of guanidine groups is 1. The van der Waals surface area contributed by atoms with E-state index in [0.717, 1.165) is 32.6 Å². The fraction of sp³-hybridized carbons (Fsp3) is 0.923. The highest BCUT2D eigenvalue weighted by molar-refractivity contribution is 5.77. The van der Waals surface area contributed by atoms with E-state index in [-0.39, 0.29) is 0 Å². The number of hydrogen-bond donors (Lipinski definition) is 2. The third kappa shape index (κ3) is 8.02. The molecule has 0 radical (unpaired) electrons. The molecule has 0 aliphatic heterocycles. The van der Waals surface area contributed by atoms with Crippen LogP contribution in [-0.4, -0.2) is 43.1 Å². The molecular weight excluding hydrogens is 212 g/mol. The smallest absolute Gasteiger partial charge is 0.188 e. The largest absolute Gasteiger partial charge is 0.370 e. The maximum absolute atomic E-state index is 5.81. The van der Waals surface area contributed by atoms with E-state index in [1.165, 1.54) is 0 Å². The van der Waals surface area contributed by atoms with Crippen molar-refractivity contribution in [2.24, 2.45) is 16.6 Å². The lowest BCUT2D eigenvalue weighted by Crippen LogP contribution is -2.37. The summed E-state index contributed by atoms with van der Waals surface area (Å²) in [5.41, 5.74) is 5.81. The first-order chi connectivity index (χ1) is 8.01. The van der Waals surface area contributed by atoms with Gasteiger partial charge in [0.1, 0.15) is 0 Å². The van der Waals surface area contributed by atoms with Crippen LogP contribution in [0.3, 0.4) is 0 Å². The minimum atomic E-state index is 0.454. The van der Waals surface area contributed by atoms with Gasteiger partial charge in [0.05, 0.1) is 6.54 Å². The highest BCUT2D eigenvalue weighted by atomic mass is 15.2. The van der Waals surface area contributed by atoms with Crippen LogP contribution in [0.1, 0.15) is 41.0 Å². The van der Waals surface area contributed by atoms with Gasteiger partial charge < -0.3 is 11.1 Å². The molecular formula is C13H30N4. The van der Waals surface area contributed by atoms with E-state index in [9.17, 15) is 0 Å². The number of hydrogen-bond acceptors (Lipinski definition) is 2. The van der Waals surface area contributed by atoms with E-state index in [1.54, 1.807) is 0 Å². The van der Waals surface area contributed by atoms with Crippen LogP contribution in [0.15, 0.2) is 4.99 Å². The lowest BCUT2D eigenvalue weighted by molar-refractivity contribution is 0.237. The van der Waals surface area contributed by atoms with Gasteiger partial charge in [-0.15, -0.1) is 0 Å². The number of nitrogens with zero attached hydrogens (tertiary/aromatic N) is 2. The molecule has 0 aliphatic carbocycles. The summed E-state index contributed by atoms with van der Waals surface area (Å²) in [6.07, 6.45) is 1.13. The number of rotatable bonds is 8. The molecule has 0 aliphatic rings. The van der Waals surface area contributed by atoms with Crippen molar-refractivity contribution in [3.05, 3.63) is 0 Å². The van der Waals surface area contributed by atoms with Crippen molar-refractivity contribution in [2.45, 2.75) is 47.1 Å². The summed E-state index contributed by atoms with van der Waals surface area (Å²) in [5.74, 6) is 1.27. The lowest BCUT2D eigenvalue weighted by Gasteiger charge is -2.24. The molecule has 0 bridgehead atoms. The first-order valence-corrected chi connectivity index (χ1v) is 6.79. The van der Waals surface area contributed by atoms with Crippen LogP contribution in [0.4, 0.5) is 0 Å². The molecule has 3 N–H and O–H groups in total. The fourth-order valence-corrected chi connectivity index (χ4v) is 1.74. The molecule has 1 atom stereocenters. The summed E-state index contributed by atoms with van der Waals surface area (Å²) in [5, 5.41) is 3.15. The molecule has 102 valence electrons. The van der Waals surface area contributed by atoms with E-state index in [2.05, 4.69) is 49.8 Å². The van der Waals surface area contributed by atoms with Crippen molar-refractivity contribution < 1.29 is 0 Å². The van der Waals surface area contributed by atoms with Gasteiger partial charge in [-0.05, 0) is 32.4 Å². The number of likely N-dealkylation sites (N-methyl/N-ethyl adjacent to an activating group) is 1. The van der Waals surface area contributed by atoms with Gasteiger partial charge in [0.15, 0.2) is 5.96 Å². The maximum Gasteiger partial charge on any atom is 0.188 e. The van der Waals surface area contributed by atoms with Crippen molar-refractivity contribution in [3.63, 3.8) is 0 Å². The number of aliphatic imine (C=N–C) groups is 1. The number of nitrogens with two attached hydrogens (primary N) is 1. The summed E-state index contributed by atoms with van der Waals surface area (Å²) in [7, 11) is 0. The van der Waals surface area contributed by atoms with E-state index >= 15 is 0 Å². The molecule has 0 aromatic carbocycles. The van der Waals surface area contributed by atoms with Crippen LogP contribution < -0.4 is 11.1 Å². The van der Waals surface area contributed by atoms with E-state index < -0.39 is 0 Å². The van der Waals surface area contributed by atoms with Crippen LogP contribution in [0.2, 0.25) is 0 Å². The molecule has 4 heteroatoms. The van der Waals surface area contributed by atoms with Gasteiger partial charge >= 0.3 is 0 Å². The van der Waals surface area contributed by atoms with Gasteiger partial charge in [-0.2, -0.15) is 0 Å². The van der Waals surface area contributed by atoms with Gasteiger partial charge in [-0.25, -0.2) is 0 Å². The average Bonchev–Trinajstić information content (AvgIpc) is 2.27. The molecule has 0 saturated heterocycles. The number of nitrogens with one attached hydrogen (secondary N) is 1. The topological polar surface area (TPSA) is 53.6 Å². The first-order valence-electron chi connectivity index (χ1n) is 6.79. The summed E-state index contributed by atoms with van der Waals surface area (Å²) in [6, 6.07) is 0.454. The summed E-state index contributed by atoms with van der Waals surface area (Å²) < 4.78 is 0. The van der Waals surface area contributed by atoms with Crippen molar-refractivity contribution in [1.29, 1.82) is 0 Å². The van der Waals surface area contributed by atoms with Crippen LogP contribution in [-0.2, 0) is 0 Å². The molecule has 17 heavy (non-hydrogen) atoms. The second-order valence-electron chi connectivity index (χ2n) is 4.91.